The van der Waals surface area contributed by atoms with Gasteiger partial charge in [-0.25, -0.2) is 4.79 Å². The minimum Gasteiger partial charge on any atom is -0.462 e. The standard InChI is InChI=1S/C25H40INO3Si/c1-9-29-23(28)20-21(26)19-17(27-22(20)16(2)3)14-25(12-10-11-13-25)15-18(19)30-31(7,8)24(4,5)6/h16,18H,9-15H2,1-8H3. The number of hydrogen-bond acceptors (Lipinski definition) is 4. The monoisotopic (exact) mass is 557 g/mol. The smallest absolute Gasteiger partial charge is 0.341 e. The van der Waals surface area contributed by atoms with Crippen LogP contribution in [-0.4, -0.2) is 25.9 Å². The van der Waals surface area contributed by atoms with E-state index in [0.29, 0.717) is 17.6 Å². The summed E-state index contributed by atoms with van der Waals surface area (Å²) in [7, 11) is -1.99. The van der Waals surface area contributed by atoms with Gasteiger partial charge in [-0.05, 0) is 84.7 Å². The third-order valence-electron chi connectivity index (χ3n) is 7.69. The van der Waals surface area contributed by atoms with E-state index in [0.717, 1.165) is 33.4 Å². The van der Waals surface area contributed by atoms with Gasteiger partial charge in [0.05, 0.1) is 24.0 Å². The Labute approximate surface area is 203 Å². The van der Waals surface area contributed by atoms with Crippen LogP contribution in [0.2, 0.25) is 18.1 Å². The topological polar surface area (TPSA) is 48.4 Å². The molecule has 2 aliphatic carbocycles. The Morgan fingerprint density at radius 3 is 2.39 bits per heavy atom. The van der Waals surface area contributed by atoms with Gasteiger partial charge in [0.15, 0.2) is 8.32 Å². The summed E-state index contributed by atoms with van der Waals surface area (Å²) in [4.78, 5) is 18.1. The first-order valence-electron chi connectivity index (χ1n) is 11.9. The lowest BCUT2D eigenvalue weighted by Gasteiger charge is -2.45. The molecule has 4 nitrogen and oxygen atoms in total. The molecule has 0 aromatic carbocycles. The third kappa shape index (κ3) is 4.91. The Kier molecular flexibility index (Phi) is 7.34. The Morgan fingerprint density at radius 2 is 1.87 bits per heavy atom. The second-order valence-corrected chi connectivity index (χ2v) is 17.2. The summed E-state index contributed by atoms with van der Waals surface area (Å²) in [6.45, 7) is 18.0. The molecule has 1 unspecified atom stereocenters. The number of aromatic nitrogens is 1. The molecule has 174 valence electrons. The zero-order chi connectivity index (χ0) is 23.2. The van der Waals surface area contributed by atoms with Crippen LogP contribution in [0, 0.1) is 8.99 Å². The van der Waals surface area contributed by atoms with Crippen LogP contribution in [0.25, 0.3) is 0 Å². The molecule has 6 heteroatoms. The molecular weight excluding hydrogens is 517 g/mol. The maximum Gasteiger partial charge on any atom is 0.341 e. The molecule has 0 radical (unpaired) electrons. The number of nitrogens with zero attached hydrogens (tertiary/aromatic N) is 1. The maximum atomic E-state index is 13.0. The summed E-state index contributed by atoms with van der Waals surface area (Å²) in [5.41, 5.74) is 4.16. The summed E-state index contributed by atoms with van der Waals surface area (Å²) in [5, 5.41) is 0.133. The number of fused-ring (bicyclic) bond motifs is 1. The van der Waals surface area contributed by atoms with Gasteiger partial charge < -0.3 is 9.16 Å². The Morgan fingerprint density at radius 1 is 1.26 bits per heavy atom. The van der Waals surface area contributed by atoms with Crippen LogP contribution in [-0.2, 0) is 15.6 Å². The number of esters is 1. The van der Waals surface area contributed by atoms with E-state index in [2.05, 4.69) is 70.3 Å². The lowest BCUT2D eigenvalue weighted by molar-refractivity contribution is 0.0520. The highest BCUT2D eigenvalue weighted by Crippen LogP contribution is 2.54. The molecule has 1 fully saturated rings. The van der Waals surface area contributed by atoms with E-state index in [4.69, 9.17) is 14.1 Å². The number of pyridine rings is 1. The van der Waals surface area contributed by atoms with Crippen LogP contribution >= 0.6 is 22.6 Å². The molecule has 0 aliphatic heterocycles. The van der Waals surface area contributed by atoms with E-state index in [1.54, 1.807) is 0 Å². The van der Waals surface area contributed by atoms with Gasteiger partial charge in [-0.15, -0.1) is 0 Å². The molecule has 1 heterocycles. The number of carbonyl (C=O) groups is 1. The van der Waals surface area contributed by atoms with E-state index >= 15 is 0 Å². The van der Waals surface area contributed by atoms with Crippen molar-refractivity contribution in [1.82, 2.24) is 4.98 Å². The number of carbonyl (C=O) groups excluding carboxylic acids is 1. The molecule has 2 aliphatic rings. The highest BCUT2D eigenvalue weighted by atomic mass is 127. The predicted octanol–water partition coefficient (Wildman–Crippen LogP) is 7.56. The second-order valence-electron chi connectivity index (χ2n) is 11.4. The SMILES string of the molecule is CCOC(=O)c1c(C(C)C)nc2c(c1I)C(O[Si](C)(C)C(C)(C)C)CC1(CCCC1)C2. The molecular formula is C25H40INO3Si. The highest BCUT2D eigenvalue weighted by molar-refractivity contribution is 14.1. The summed E-state index contributed by atoms with van der Waals surface area (Å²) in [6, 6.07) is 0. The van der Waals surface area contributed by atoms with Crippen LogP contribution in [0.1, 0.15) is 113 Å². The van der Waals surface area contributed by atoms with E-state index < -0.39 is 8.32 Å². The van der Waals surface area contributed by atoms with Gasteiger partial charge >= 0.3 is 5.97 Å². The first-order chi connectivity index (χ1) is 14.3. The van der Waals surface area contributed by atoms with Crippen molar-refractivity contribution in [3.8, 4) is 0 Å². The minimum absolute atomic E-state index is 0.0107. The molecule has 0 bridgehead atoms. The van der Waals surface area contributed by atoms with Gasteiger partial charge in [0.2, 0.25) is 0 Å². The number of rotatable bonds is 5. The lowest BCUT2D eigenvalue weighted by Crippen LogP contribution is -2.44. The van der Waals surface area contributed by atoms with Crippen molar-refractivity contribution in [2.75, 3.05) is 6.61 Å². The molecule has 1 spiro atoms. The van der Waals surface area contributed by atoms with Crippen LogP contribution in [0.5, 0.6) is 0 Å². The number of halogens is 1. The van der Waals surface area contributed by atoms with Crippen LogP contribution < -0.4 is 0 Å². The Balaban J connectivity index is 2.18. The maximum absolute atomic E-state index is 13.0. The molecule has 0 saturated heterocycles. The van der Waals surface area contributed by atoms with Crippen LogP contribution in [0.4, 0.5) is 0 Å². The van der Waals surface area contributed by atoms with Crippen LogP contribution in [0.3, 0.4) is 0 Å². The molecule has 1 atom stereocenters. The zero-order valence-corrected chi connectivity index (χ0v) is 23.8. The predicted molar refractivity (Wildman–Crippen MR) is 137 cm³/mol. The summed E-state index contributed by atoms with van der Waals surface area (Å²) in [5.74, 6) is -0.0856. The van der Waals surface area contributed by atoms with Crippen molar-refractivity contribution in [1.29, 1.82) is 0 Å². The van der Waals surface area contributed by atoms with Gasteiger partial charge in [-0.3, -0.25) is 4.98 Å². The summed E-state index contributed by atoms with van der Waals surface area (Å²) >= 11 is 2.37. The van der Waals surface area contributed by atoms with Crippen molar-refractivity contribution in [3.05, 3.63) is 26.1 Å². The molecule has 3 rings (SSSR count). The van der Waals surface area contributed by atoms with Crippen molar-refractivity contribution in [2.24, 2.45) is 5.41 Å². The van der Waals surface area contributed by atoms with E-state index in [9.17, 15) is 4.79 Å². The van der Waals surface area contributed by atoms with Gasteiger partial charge in [0.1, 0.15) is 0 Å². The number of ether oxygens (including phenoxy) is 1. The average Bonchev–Trinajstić information content (AvgIpc) is 3.07. The Hall–Kier alpha value is -0.473. The molecule has 0 N–H and O–H groups in total. The molecule has 1 saturated carbocycles. The zero-order valence-electron chi connectivity index (χ0n) is 20.7. The second kappa shape index (κ2) is 9.05. The van der Waals surface area contributed by atoms with Gasteiger partial charge in [-0.1, -0.05) is 47.5 Å². The fourth-order valence-electron chi connectivity index (χ4n) is 4.97. The van der Waals surface area contributed by atoms with Crippen molar-refractivity contribution >= 4 is 36.9 Å². The quantitative estimate of drug-likeness (QED) is 0.213. The third-order valence-corrected chi connectivity index (χ3v) is 13.3. The molecule has 31 heavy (non-hydrogen) atoms. The fraction of sp³-hybridized carbons (Fsp3) is 0.760. The van der Waals surface area contributed by atoms with Gasteiger partial charge in [0, 0.05) is 14.8 Å². The minimum atomic E-state index is -1.99. The fourth-order valence-corrected chi connectivity index (χ4v) is 7.40. The average molecular weight is 558 g/mol. The molecule has 0 amide bonds. The Bertz CT molecular complexity index is 838. The van der Waals surface area contributed by atoms with Crippen molar-refractivity contribution < 1.29 is 14.0 Å². The lowest BCUT2D eigenvalue weighted by atomic mass is 9.70. The number of hydrogen-bond donors (Lipinski definition) is 0. The van der Waals surface area contributed by atoms with Crippen LogP contribution in [0.15, 0.2) is 0 Å². The van der Waals surface area contributed by atoms with E-state index in [1.165, 1.54) is 25.7 Å². The highest BCUT2D eigenvalue weighted by Gasteiger charge is 2.47. The summed E-state index contributed by atoms with van der Waals surface area (Å²) < 4.78 is 13.5. The van der Waals surface area contributed by atoms with Gasteiger partial charge in [-0.2, -0.15) is 0 Å². The van der Waals surface area contributed by atoms with E-state index in [1.807, 2.05) is 6.92 Å². The summed E-state index contributed by atoms with van der Waals surface area (Å²) in [6.07, 6.45) is 7.20. The first kappa shape index (κ1) is 25.2. The van der Waals surface area contributed by atoms with Crippen molar-refractivity contribution in [2.45, 2.75) is 110 Å². The molecule has 1 aromatic heterocycles. The molecule has 1 aromatic rings. The van der Waals surface area contributed by atoms with Crippen molar-refractivity contribution in [3.63, 3.8) is 0 Å². The van der Waals surface area contributed by atoms with Gasteiger partial charge in [0.25, 0.3) is 0 Å². The van der Waals surface area contributed by atoms with E-state index in [-0.39, 0.29) is 23.0 Å². The normalized spacial score (nSPS) is 20.9. The largest absolute Gasteiger partial charge is 0.462 e. The first-order valence-corrected chi connectivity index (χ1v) is 15.9.